The van der Waals surface area contributed by atoms with Gasteiger partial charge in [0, 0.05) is 11.1 Å². The average Bonchev–Trinajstić information content (AvgIpc) is 2.91. The van der Waals surface area contributed by atoms with Crippen LogP contribution in [0.4, 0.5) is 13.2 Å². The van der Waals surface area contributed by atoms with E-state index in [-0.39, 0.29) is 23.6 Å². The molecule has 0 fully saturated rings. The van der Waals surface area contributed by atoms with E-state index in [4.69, 9.17) is 36.3 Å². The second-order valence-corrected chi connectivity index (χ2v) is 8.99. The summed E-state index contributed by atoms with van der Waals surface area (Å²) in [6, 6.07) is 16.1. The van der Waals surface area contributed by atoms with Gasteiger partial charge < -0.3 is 24.7 Å². The largest absolute Gasteiger partial charge is 0.497 e. The van der Waals surface area contributed by atoms with Crippen LogP contribution in [-0.2, 0) is 10.9 Å². The predicted octanol–water partition coefficient (Wildman–Crippen LogP) is 6.65. The molecule has 0 bridgehead atoms. The number of hydrogen-bond acceptors (Lipinski definition) is 6. The Morgan fingerprint density at radius 3 is 2.50 bits per heavy atom. The molecule has 0 spiro atoms. The molecule has 194 valence electrons. The van der Waals surface area contributed by atoms with Crippen molar-refractivity contribution in [2.24, 2.45) is 5.73 Å². The molecule has 2 heterocycles. The number of nitriles is 1. The number of fused-ring (bicyclic) bond motifs is 2. The highest BCUT2D eigenvalue weighted by Gasteiger charge is 2.38. The Hall–Kier alpha value is -4.29. The topological polar surface area (TPSA) is 86.7 Å². The van der Waals surface area contributed by atoms with Crippen LogP contribution in [0.3, 0.4) is 0 Å². The molecule has 5 rings (SSSR count). The van der Waals surface area contributed by atoms with Crippen molar-refractivity contribution in [2.45, 2.75) is 12.1 Å². The van der Waals surface area contributed by atoms with E-state index < -0.39 is 22.7 Å². The minimum absolute atomic E-state index is 0.0739. The van der Waals surface area contributed by atoms with Crippen molar-refractivity contribution in [1.82, 2.24) is 0 Å². The van der Waals surface area contributed by atoms with E-state index in [0.717, 1.165) is 6.07 Å². The maximum Gasteiger partial charge on any atom is 0.417 e. The molecule has 2 aliphatic rings. The Labute approximate surface area is 221 Å². The first-order valence-electron chi connectivity index (χ1n) is 11.3. The van der Waals surface area contributed by atoms with Gasteiger partial charge in [-0.05, 0) is 53.6 Å². The molecule has 3 aromatic rings. The van der Waals surface area contributed by atoms with Gasteiger partial charge in [-0.2, -0.15) is 18.4 Å². The number of halogens is 4. The van der Waals surface area contributed by atoms with Gasteiger partial charge in [0.2, 0.25) is 5.88 Å². The number of benzene rings is 3. The Morgan fingerprint density at radius 1 is 1.03 bits per heavy atom. The lowest BCUT2D eigenvalue weighted by Crippen LogP contribution is -2.26. The van der Waals surface area contributed by atoms with Gasteiger partial charge in [0.25, 0.3) is 0 Å². The molecule has 38 heavy (non-hydrogen) atoms. The minimum atomic E-state index is -4.64. The smallest absolute Gasteiger partial charge is 0.417 e. The number of hydrogen-bond donors (Lipinski definition) is 1. The lowest BCUT2D eigenvalue weighted by Gasteiger charge is -2.33. The highest BCUT2D eigenvalue weighted by atomic mass is 35.5. The zero-order valence-electron chi connectivity index (χ0n) is 20.2. The third-order valence-electron chi connectivity index (χ3n) is 6.48. The van der Waals surface area contributed by atoms with Crippen molar-refractivity contribution in [3.63, 3.8) is 0 Å². The fourth-order valence-electron chi connectivity index (χ4n) is 4.68. The quantitative estimate of drug-likeness (QED) is 0.398. The van der Waals surface area contributed by atoms with E-state index in [0.29, 0.717) is 45.3 Å². The summed E-state index contributed by atoms with van der Waals surface area (Å²) in [5.74, 6) is 1.17. The van der Waals surface area contributed by atoms with Gasteiger partial charge in [-0.1, -0.05) is 23.7 Å². The molecular weight excluding hydrogens is 521 g/mol. The molecule has 0 radical (unpaired) electrons. The molecule has 0 saturated carbocycles. The highest BCUT2D eigenvalue weighted by molar-refractivity contribution is 6.31. The fraction of sp³-hybridized carbons (Fsp3) is 0.179. The third kappa shape index (κ3) is 4.27. The van der Waals surface area contributed by atoms with Gasteiger partial charge in [-0.25, -0.2) is 0 Å². The molecule has 0 saturated heterocycles. The lowest BCUT2D eigenvalue weighted by atomic mass is 9.80. The maximum absolute atomic E-state index is 13.6. The summed E-state index contributed by atoms with van der Waals surface area (Å²) < 4.78 is 63.4. The zero-order chi connectivity index (χ0) is 27.2. The molecule has 1 atom stereocenters. The summed E-state index contributed by atoms with van der Waals surface area (Å²) in [6.07, 6.45) is -4.64. The van der Waals surface area contributed by atoms with E-state index in [1.807, 2.05) is 0 Å². The Kier molecular flexibility index (Phi) is 6.37. The Bertz CT molecular complexity index is 1560. The number of ether oxygens (including phenoxy) is 4. The zero-order valence-corrected chi connectivity index (χ0v) is 20.9. The van der Waals surface area contributed by atoms with Crippen LogP contribution in [0.25, 0.3) is 16.9 Å². The summed E-state index contributed by atoms with van der Waals surface area (Å²) in [5.41, 5.74) is 7.86. The molecular formula is C28H20ClF3N2O4. The second kappa shape index (κ2) is 9.54. The summed E-state index contributed by atoms with van der Waals surface area (Å²) >= 11 is 5.84. The molecule has 2 aliphatic heterocycles. The summed E-state index contributed by atoms with van der Waals surface area (Å²) in [4.78, 5) is 0. The first kappa shape index (κ1) is 25.4. The SMILES string of the molecule is COc1ccc2c(c1)C1=C(CO2)C(c2ccc(OC)c(-c3ccc(Cl)c(C(F)(F)F)c3)c2)C(C#N)=C(N)O1. The normalized spacial score (nSPS) is 16.6. The summed E-state index contributed by atoms with van der Waals surface area (Å²) in [7, 11) is 2.96. The first-order chi connectivity index (χ1) is 18.2. The van der Waals surface area contributed by atoms with Gasteiger partial charge in [0.1, 0.15) is 41.3 Å². The third-order valence-corrected chi connectivity index (χ3v) is 6.81. The highest BCUT2D eigenvalue weighted by Crippen LogP contribution is 2.48. The number of allylic oxidation sites excluding steroid dienone is 1. The molecule has 0 aromatic heterocycles. The Balaban J connectivity index is 1.69. The van der Waals surface area contributed by atoms with Crippen molar-refractivity contribution >= 4 is 17.4 Å². The van der Waals surface area contributed by atoms with Crippen LogP contribution in [-0.4, -0.2) is 20.8 Å². The monoisotopic (exact) mass is 540 g/mol. The fourth-order valence-corrected chi connectivity index (χ4v) is 4.90. The molecule has 2 N–H and O–H groups in total. The molecule has 0 amide bonds. The molecule has 0 aliphatic carbocycles. The van der Waals surface area contributed by atoms with Gasteiger partial charge in [0.15, 0.2) is 0 Å². The van der Waals surface area contributed by atoms with Crippen LogP contribution in [0.1, 0.15) is 22.6 Å². The van der Waals surface area contributed by atoms with E-state index in [9.17, 15) is 18.4 Å². The van der Waals surface area contributed by atoms with Crippen molar-refractivity contribution in [3.05, 3.63) is 93.3 Å². The van der Waals surface area contributed by atoms with Crippen molar-refractivity contribution in [3.8, 4) is 34.4 Å². The van der Waals surface area contributed by atoms with Crippen LogP contribution in [0.15, 0.2) is 71.6 Å². The van der Waals surface area contributed by atoms with Crippen molar-refractivity contribution in [1.29, 1.82) is 5.26 Å². The van der Waals surface area contributed by atoms with Crippen molar-refractivity contribution in [2.75, 3.05) is 20.8 Å². The van der Waals surface area contributed by atoms with Gasteiger partial charge in [-0.3, -0.25) is 0 Å². The van der Waals surface area contributed by atoms with Crippen LogP contribution in [0.2, 0.25) is 5.02 Å². The van der Waals surface area contributed by atoms with Gasteiger partial charge in [0.05, 0.1) is 36.3 Å². The number of alkyl halides is 3. The molecule has 10 heteroatoms. The van der Waals surface area contributed by atoms with Gasteiger partial charge >= 0.3 is 6.18 Å². The van der Waals surface area contributed by atoms with Crippen LogP contribution in [0, 0.1) is 11.3 Å². The maximum atomic E-state index is 13.6. The van der Waals surface area contributed by atoms with E-state index >= 15 is 0 Å². The van der Waals surface area contributed by atoms with Crippen LogP contribution < -0.4 is 19.9 Å². The van der Waals surface area contributed by atoms with Crippen LogP contribution in [0.5, 0.6) is 17.2 Å². The number of nitrogens with two attached hydrogens (primary N) is 1. The second-order valence-electron chi connectivity index (χ2n) is 8.58. The van der Waals surface area contributed by atoms with E-state index in [1.165, 1.54) is 26.4 Å². The average molecular weight is 541 g/mol. The molecule has 6 nitrogen and oxygen atoms in total. The van der Waals surface area contributed by atoms with E-state index in [1.54, 1.807) is 36.4 Å². The standard InChI is InChI=1S/C28H20ClF3N2O4/c1-35-16-5-8-24-18(11-16)26-20(13-37-24)25(19(12-33)27(34)38-26)15-4-7-23(36-2)17(9-15)14-3-6-22(29)21(10-14)28(30,31)32/h3-11,25H,13,34H2,1-2H3. The summed E-state index contributed by atoms with van der Waals surface area (Å²) in [5, 5.41) is 9.58. The van der Waals surface area contributed by atoms with Crippen molar-refractivity contribution < 1.29 is 32.1 Å². The van der Waals surface area contributed by atoms with E-state index in [2.05, 4.69) is 6.07 Å². The lowest BCUT2D eigenvalue weighted by molar-refractivity contribution is -0.137. The Morgan fingerprint density at radius 2 is 1.82 bits per heavy atom. The first-order valence-corrected chi connectivity index (χ1v) is 11.7. The number of nitrogens with zero attached hydrogens (tertiary/aromatic N) is 1. The minimum Gasteiger partial charge on any atom is -0.497 e. The van der Waals surface area contributed by atoms with Gasteiger partial charge in [-0.15, -0.1) is 0 Å². The molecule has 1 unspecified atom stereocenters. The summed E-state index contributed by atoms with van der Waals surface area (Å²) in [6.45, 7) is 0.109. The predicted molar refractivity (Wildman–Crippen MR) is 135 cm³/mol. The molecule has 3 aromatic carbocycles. The van der Waals surface area contributed by atoms with Crippen LogP contribution >= 0.6 is 11.6 Å². The number of rotatable bonds is 4. The number of methoxy groups -OCH3 is 2.